The lowest BCUT2D eigenvalue weighted by Crippen LogP contribution is -2.28. The van der Waals surface area contributed by atoms with E-state index in [2.05, 4.69) is 15.6 Å². The van der Waals surface area contributed by atoms with Crippen molar-refractivity contribution in [3.8, 4) is 0 Å². The third kappa shape index (κ3) is 3.91. The standard InChI is InChI=1S/C14H21N3O3/c1-3-15-13(18)11-4-5-12(17-10-11)16-7-6-14(2)19-8-9-20-14/h4-5,10H,3,6-9H2,1-2H3,(H,15,18)(H,16,17). The number of carbonyl (C=O) groups excluding carboxylic acids is 1. The van der Waals surface area contributed by atoms with E-state index in [0.717, 1.165) is 12.2 Å². The van der Waals surface area contributed by atoms with Crippen LogP contribution in [0.2, 0.25) is 0 Å². The Morgan fingerprint density at radius 3 is 2.75 bits per heavy atom. The van der Waals surface area contributed by atoms with Crippen LogP contribution >= 0.6 is 0 Å². The molecule has 1 saturated heterocycles. The highest BCUT2D eigenvalue weighted by Crippen LogP contribution is 2.22. The van der Waals surface area contributed by atoms with Gasteiger partial charge in [0.1, 0.15) is 5.82 Å². The Balaban J connectivity index is 1.80. The summed E-state index contributed by atoms with van der Waals surface area (Å²) >= 11 is 0. The van der Waals surface area contributed by atoms with E-state index in [9.17, 15) is 4.79 Å². The smallest absolute Gasteiger partial charge is 0.252 e. The fourth-order valence-electron chi connectivity index (χ4n) is 2.01. The van der Waals surface area contributed by atoms with Gasteiger partial charge in [0.15, 0.2) is 5.79 Å². The van der Waals surface area contributed by atoms with Crippen molar-refractivity contribution < 1.29 is 14.3 Å². The summed E-state index contributed by atoms with van der Waals surface area (Å²) in [4.78, 5) is 15.8. The van der Waals surface area contributed by atoms with Gasteiger partial charge in [-0.25, -0.2) is 4.98 Å². The summed E-state index contributed by atoms with van der Waals surface area (Å²) in [7, 11) is 0. The van der Waals surface area contributed by atoms with Gasteiger partial charge in [-0.15, -0.1) is 0 Å². The van der Waals surface area contributed by atoms with Crippen LogP contribution < -0.4 is 10.6 Å². The molecule has 110 valence electrons. The molecule has 0 bridgehead atoms. The molecule has 1 aliphatic rings. The summed E-state index contributed by atoms with van der Waals surface area (Å²) in [5.74, 6) is 0.139. The number of rotatable bonds is 6. The molecule has 0 unspecified atom stereocenters. The van der Waals surface area contributed by atoms with E-state index in [1.54, 1.807) is 18.3 Å². The Labute approximate surface area is 118 Å². The van der Waals surface area contributed by atoms with Crippen LogP contribution in [0.4, 0.5) is 5.82 Å². The molecule has 0 radical (unpaired) electrons. The second-order valence-electron chi connectivity index (χ2n) is 4.80. The number of anilines is 1. The van der Waals surface area contributed by atoms with Crippen LogP contribution in [0.3, 0.4) is 0 Å². The van der Waals surface area contributed by atoms with Gasteiger partial charge < -0.3 is 20.1 Å². The van der Waals surface area contributed by atoms with Gasteiger partial charge in [-0.05, 0) is 26.0 Å². The molecule has 6 heteroatoms. The van der Waals surface area contributed by atoms with Crippen molar-refractivity contribution in [1.29, 1.82) is 0 Å². The lowest BCUT2D eigenvalue weighted by Gasteiger charge is -2.22. The van der Waals surface area contributed by atoms with Crippen LogP contribution in [0.5, 0.6) is 0 Å². The Hall–Kier alpha value is -1.66. The van der Waals surface area contributed by atoms with Crippen molar-refractivity contribution in [3.63, 3.8) is 0 Å². The minimum absolute atomic E-state index is 0.105. The summed E-state index contributed by atoms with van der Waals surface area (Å²) < 4.78 is 11.0. The van der Waals surface area contributed by atoms with Crippen molar-refractivity contribution in [2.75, 3.05) is 31.6 Å². The van der Waals surface area contributed by atoms with Gasteiger partial charge in [-0.2, -0.15) is 0 Å². The van der Waals surface area contributed by atoms with E-state index in [1.165, 1.54) is 0 Å². The van der Waals surface area contributed by atoms with Crippen molar-refractivity contribution in [1.82, 2.24) is 10.3 Å². The number of aromatic nitrogens is 1. The molecule has 0 aromatic carbocycles. The second-order valence-corrected chi connectivity index (χ2v) is 4.80. The van der Waals surface area contributed by atoms with Crippen LogP contribution in [0.1, 0.15) is 30.6 Å². The van der Waals surface area contributed by atoms with Crippen LogP contribution in [-0.2, 0) is 9.47 Å². The minimum atomic E-state index is -0.492. The fraction of sp³-hybridized carbons (Fsp3) is 0.571. The highest BCUT2D eigenvalue weighted by molar-refractivity contribution is 5.93. The Morgan fingerprint density at radius 2 is 2.15 bits per heavy atom. The Kier molecular flexibility index (Phi) is 4.92. The largest absolute Gasteiger partial charge is 0.370 e. The molecular formula is C14H21N3O3. The van der Waals surface area contributed by atoms with E-state index in [0.29, 0.717) is 31.9 Å². The molecule has 0 atom stereocenters. The average molecular weight is 279 g/mol. The Morgan fingerprint density at radius 1 is 1.40 bits per heavy atom. The lowest BCUT2D eigenvalue weighted by molar-refractivity contribution is -0.144. The molecule has 1 amide bonds. The normalized spacial score (nSPS) is 16.9. The number of nitrogens with one attached hydrogen (secondary N) is 2. The predicted molar refractivity (Wildman–Crippen MR) is 75.7 cm³/mol. The van der Waals surface area contributed by atoms with Gasteiger partial charge in [-0.3, -0.25) is 4.79 Å². The first-order chi connectivity index (χ1) is 9.63. The highest BCUT2D eigenvalue weighted by atomic mass is 16.7. The van der Waals surface area contributed by atoms with E-state index in [1.807, 2.05) is 13.8 Å². The number of carbonyl (C=O) groups is 1. The van der Waals surface area contributed by atoms with E-state index < -0.39 is 5.79 Å². The summed E-state index contributed by atoms with van der Waals surface area (Å²) in [5.41, 5.74) is 0.562. The molecule has 2 rings (SSSR count). The molecule has 6 nitrogen and oxygen atoms in total. The number of amides is 1. The first-order valence-corrected chi connectivity index (χ1v) is 6.89. The first kappa shape index (κ1) is 14.7. The van der Waals surface area contributed by atoms with Gasteiger partial charge in [0.2, 0.25) is 0 Å². The molecule has 2 heterocycles. The molecule has 1 aliphatic heterocycles. The molecule has 20 heavy (non-hydrogen) atoms. The maximum atomic E-state index is 11.6. The first-order valence-electron chi connectivity index (χ1n) is 6.89. The molecule has 1 aromatic rings. The monoisotopic (exact) mass is 279 g/mol. The van der Waals surface area contributed by atoms with Crippen molar-refractivity contribution in [2.24, 2.45) is 0 Å². The quantitative estimate of drug-likeness (QED) is 0.823. The molecule has 0 aliphatic carbocycles. The number of pyridine rings is 1. The maximum absolute atomic E-state index is 11.6. The van der Waals surface area contributed by atoms with Crippen LogP contribution in [0, 0.1) is 0 Å². The zero-order valence-corrected chi connectivity index (χ0v) is 11.9. The lowest BCUT2D eigenvalue weighted by atomic mass is 10.2. The van der Waals surface area contributed by atoms with Gasteiger partial charge >= 0.3 is 0 Å². The van der Waals surface area contributed by atoms with Gasteiger partial charge in [0.05, 0.1) is 18.8 Å². The topological polar surface area (TPSA) is 72.5 Å². The zero-order valence-electron chi connectivity index (χ0n) is 11.9. The average Bonchev–Trinajstić information content (AvgIpc) is 2.87. The summed E-state index contributed by atoms with van der Waals surface area (Å²) in [5, 5.41) is 5.93. The van der Waals surface area contributed by atoms with Crippen molar-refractivity contribution >= 4 is 11.7 Å². The van der Waals surface area contributed by atoms with Crippen LogP contribution in [-0.4, -0.2) is 43.0 Å². The molecule has 2 N–H and O–H groups in total. The number of hydrogen-bond acceptors (Lipinski definition) is 5. The third-order valence-corrected chi connectivity index (χ3v) is 3.15. The summed E-state index contributed by atoms with van der Waals surface area (Å²) in [6, 6.07) is 3.55. The fourth-order valence-corrected chi connectivity index (χ4v) is 2.01. The molecule has 1 fully saturated rings. The van der Waals surface area contributed by atoms with Gasteiger partial charge in [0, 0.05) is 25.7 Å². The van der Waals surface area contributed by atoms with Gasteiger partial charge in [0.25, 0.3) is 5.91 Å². The van der Waals surface area contributed by atoms with E-state index in [4.69, 9.17) is 9.47 Å². The summed E-state index contributed by atoms with van der Waals surface area (Å²) in [6.45, 7) is 6.43. The summed E-state index contributed by atoms with van der Waals surface area (Å²) in [6.07, 6.45) is 2.31. The zero-order chi connectivity index (χ0) is 14.4. The van der Waals surface area contributed by atoms with Crippen molar-refractivity contribution in [3.05, 3.63) is 23.9 Å². The van der Waals surface area contributed by atoms with Crippen molar-refractivity contribution in [2.45, 2.75) is 26.1 Å². The number of nitrogens with zero attached hydrogens (tertiary/aromatic N) is 1. The van der Waals surface area contributed by atoms with Crippen LogP contribution in [0.25, 0.3) is 0 Å². The highest BCUT2D eigenvalue weighted by Gasteiger charge is 2.30. The minimum Gasteiger partial charge on any atom is -0.370 e. The predicted octanol–water partition coefficient (Wildman–Crippen LogP) is 1.40. The molecule has 0 saturated carbocycles. The Bertz CT molecular complexity index is 441. The van der Waals surface area contributed by atoms with E-state index in [-0.39, 0.29) is 5.91 Å². The number of ether oxygens (including phenoxy) is 2. The second kappa shape index (κ2) is 6.67. The van der Waals surface area contributed by atoms with Gasteiger partial charge in [-0.1, -0.05) is 0 Å². The SMILES string of the molecule is CCNC(=O)c1ccc(NCCC2(C)OCCO2)nc1. The molecule has 0 spiro atoms. The molecule has 1 aromatic heterocycles. The molecular weight excluding hydrogens is 258 g/mol. The maximum Gasteiger partial charge on any atom is 0.252 e. The number of hydrogen-bond donors (Lipinski definition) is 2. The van der Waals surface area contributed by atoms with E-state index >= 15 is 0 Å². The third-order valence-electron chi connectivity index (χ3n) is 3.15. The van der Waals surface area contributed by atoms with Crippen LogP contribution in [0.15, 0.2) is 18.3 Å².